The molecule has 90 valence electrons. The fourth-order valence-corrected chi connectivity index (χ4v) is 2.06. The van der Waals surface area contributed by atoms with Gasteiger partial charge in [-0.15, -0.1) is 11.6 Å². The lowest BCUT2D eigenvalue weighted by Gasteiger charge is -2.28. The molecule has 1 aromatic carbocycles. The molecule has 1 aromatic rings. The number of anilines is 1. The Morgan fingerprint density at radius 3 is 2.50 bits per heavy atom. The standard InChI is InChI=1S/C14H22ClN/c1-4-12(3)11-16(5-2)14-9-7-6-8-13(14)10-15/h6-9,12H,4-5,10-11H2,1-3H3. The van der Waals surface area contributed by atoms with Gasteiger partial charge in [-0.3, -0.25) is 0 Å². The molecule has 0 aliphatic heterocycles. The maximum absolute atomic E-state index is 5.98. The highest BCUT2D eigenvalue weighted by atomic mass is 35.5. The molecule has 0 spiro atoms. The Morgan fingerprint density at radius 2 is 1.94 bits per heavy atom. The second-order valence-electron chi connectivity index (χ2n) is 4.31. The van der Waals surface area contributed by atoms with Crippen molar-refractivity contribution in [3.8, 4) is 0 Å². The summed E-state index contributed by atoms with van der Waals surface area (Å²) in [5.74, 6) is 1.32. The van der Waals surface area contributed by atoms with Crippen LogP contribution in [0, 0.1) is 5.92 Å². The van der Waals surface area contributed by atoms with Crippen molar-refractivity contribution < 1.29 is 0 Å². The summed E-state index contributed by atoms with van der Waals surface area (Å²) >= 11 is 5.98. The average molecular weight is 240 g/mol. The molecule has 0 radical (unpaired) electrons. The molecule has 0 aromatic heterocycles. The first-order chi connectivity index (χ1) is 7.72. The van der Waals surface area contributed by atoms with Gasteiger partial charge >= 0.3 is 0 Å². The van der Waals surface area contributed by atoms with E-state index in [1.807, 2.05) is 0 Å². The molecule has 0 saturated carbocycles. The molecular weight excluding hydrogens is 218 g/mol. The first kappa shape index (κ1) is 13.4. The number of benzene rings is 1. The molecule has 1 nitrogen and oxygen atoms in total. The van der Waals surface area contributed by atoms with Crippen LogP contribution in [0.1, 0.15) is 32.8 Å². The first-order valence-electron chi connectivity index (χ1n) is 6.11. The fraction of sp³-hybridized carbons (Fsp3) is 0.571. The number of alkyl halides is 1. The van der Waals surface area contributed by atoms with E-state index in [2.05, 4.69) is 49.9 Å². The van der Waals surface area contributed by atoms with Gasteiger partial charge in [0.15, 0.2) is 0 Å². The second-order valence-corrected chi connectivity index (χ2v) is 4.58. The van der Waals surface area contributed by atoms with E-state index in [0.29, 0.717) is 5.88 Å². The Bertz CT molecular complexity index is 311. The van der Waals surface area contributed by atoms with E-state index in [9.17, 15) is 0 Å². The van der Waals surface area contributed by atoms with E-state index in [1.54, 1.807) is 0 Å². The molecule has 16 heavy (non-hydrogen) atoms. The van der Waals surface area contributed by atoms with Crippen molar-refractivity contribution in [1.82, 2.24) is 0 Å². The fourth-order valence-electron chi connectivity index (χ4n) is 1.84. The predicted octanol–water partition coefficient (Wildman–Crippen LogP) is 4.30. The summed E-state index contributed by atoms with van der Waals surface area (Å²) in [6.45, 7) is 8.89. The molecule has 0 aliphatic rings. The molecule has 0 heterocycles. The molecule has 0 bridgehead atoms. The van der Waals surface area contributed by atoms with Crippen LogP contribution >= 0.6 is 11.6 Å². The highest BCUT2D eigenvalue weighted by Gasteiger charge is 2.11. The minimum Gasteiger partial charge on any atom is -0.371 e. The molecule has 0 aliphatic carbocycles. The molecule has 0 fully saturated rings. The van der Waals surface area contributed by atoms with Crippen LogP contribution in [-0.2, 0) is 5.88 Å². The highest BCUT2D eigenvalue weighted by Crippen LogP contribution is 2.23. The van der Waals surface area contributed by atoms with Gasteiger partial charge in [-0.05, 0) is 24.5 Å². The van der Waals surface area contributed by atoms with Crippen molar-refractivity contribution >= 4 is 17.3 Å². The molecule has 1 atom stereocenters. The summed E-state index contributed by atoms with van der Waals surface area (Å²) in [5, 5.41) is 0. The maximum atomic E-state index is 5.98. The number of halogens is 1. The van der Waals surface area contributed by atoms with Crippen molar-refractivity contribution in [3.63, 3.8) is 0 Å². The Hall–Kier alpha value is -0.690. The van der Waals surface area contributed by atoms with Crippen LogP contribution in [0.5, 0.6) is 0 Å². The third-order valence-electron chi connectivity index (χ3n) is 3.09. The lowest BCUT2D eigenvalue weighted by molar-refractivity contribution is 0.547. The quantitative estimate of drug-likeness (QED) is 0.669. The van der Waals surface area contributed by atoms with Crippen molar-refractivity contribution in [2.24, 2.45) is 5.92 Å². The molecule has 1 rings (SSSR count). The zero-order valence-corrected chi connectivity index (χ0v) is 11.3. The van der Waals surface area contributed by atoms with E-state index in [1.165, 1.54) is 17.7 Å². The van der Waals surface area contributed by atoms with Crippen LogP contribution < -0.4 is 4.90 Å². The van der Waals surface area contributed by atoms with E-state index in [0.717, 1.165) is 19.0 Å². The largest absolute Gasteiger partial charge is 0.371 e. The van der Waals surface area contributed by atoms with Gasteiger partial charge in [0, 0.05) is 24.7 Å². The van der Waals surface area contributed by atoms with Crippen LogP contribution in [0.3, 0.4) is 0 Å². The smallest absolute Gasteiger partial charge is 0.0494 e. The van der Waals surface area contributed by atoms with E-state index >= 15 is 0 Å². The van der Waals surface area contributed by atoms with Crippen LogP contribution in [0.2, 0.25) is 0 Å². The van der Waals surface area contributed by atoms with Crippen molar-refractivity contribution in [3.05, 3.63) is 29.8 Å². The minimum absolute atomic E-state index is 0.590. The summed E-state index contributed by atoms with van der Waals surface area (Å²) in [6.07, 6.45) is 1.22. The number of hydrogen-bond acceptors (Lipinski definition) is 1. The zero-order valence-electron chi connectivity index (χ0n) is 10.5. The molecule has 1 unspecified atom stereocenters. The molecule has 0 saturated heterocycles. The summed E-state index contributed by atoms with van der Waals surface area (Å²) in [6, 6.07) is 8.42. The van der Waals surface area contributed by atoms with E-state index in [4.69, 9.17) is 11.6 Å². The van der Waals surface area contributed by atoms with E-state index in [-0.39, 0.29) is 0 Å². The maximum Gasteiger partial charge on any atom is 0.0494 e. The first-order valence-corrected chi connectivity index (χ1v) is 6.65. The van der Waals surface area contributed by atoms with Gasteiger partial charge in [-0.1, -0.05) is 38.5 Å². The Kier molecular flexibility index (Phi) is 5.68. The summed E-state index contributed by atoms with van der Waals surface area (Å²) in [4.78, 5) is 2.42. The summed E-state index contributed by atoms with van der Waals surface area (Å²) in [5.41, 5.74) is 2.52. The van der Waals surface area contributed by atoms with Gasteiger partial charge in [-0.2, -0.15) is 0 Å². The monoisotopic (exact) mass is 239 g/mol. The topological polar surface area (TPSA) is 3.24 Å². The number of rotatable bonds is 6. The molecule has 2 heteroatoms. The zero-order chi connectivity index (χ0) is 12.0. The second kappa shape index (κ2) is 6.80. The molecule has 0 amide bonds. The average Bonchev–Trinajstić information content (AvgIpc) is 2.35. The SMILES string of the molecule is CCC(C)CN(CC)c1ccccc1CCl. The van der Waals surface area contributed by atoms with Gasteiger partial charge in [0.05, 0.1) is 0 Å². The Morgan fingerprint density at radius 1 is 1.25 bits per heavy atom. The van der Waals surface area contributed by atoms with Gasteiger partial charge in [-0.25, -0.2) is 0 Å². The van der Waals surface area contributed by atoms with E-state index < -0.39 is 0 Å². The van der Waals surface area contributed by atoms with Gasteiger partial charge < -0.3 is 4.90 Å². The number of hydrogen-bond donors (Lipinski definition) is 0. The van der Waals surface area contributed by atoms with Gasteiger partial charge in [0.25, 0.3) is 0 Å². The Labute approximate surface area is 104 Å². The summed E-state index contributed by atoms with van der Waals surface area (Å²) < 4.78 is 0. The molecule has 0 N–H and O–H groups in total. The minimum atomic E-state index is 0.590. The Balaban J connectivity index is 2.85. The van der Waals surface area contributed by atoms with Gasteiger partial charge in [0.2, 0.25) is 0 Å². The lowest BCUT2D eigenvalue weighted by atomic mass is 10.1. The number of nitrogens with zero attached hydrogens (tertiary/aromatic N) is 1. The normalized spacial score (nSPS) is 12.5. The summed E-state index contributed by atoms with van der Waals surface area (Å²) in [7, 11) is 0. The van der Waals surface area contributed by atoms with Crippen LogP contribution in [-0.4, -0.2) is 13.1 Å². The molecular formula is C14H22ClN. The van der Waals surface area contributed by atoms with Crippen LogP contribution in [0.4, 0.5) is 5.69 Å². The third kappa shape index (κ3) is 3.41. The van der Waals surface area contributed by atoms with Crippen molar-refractivity contribution in [2.45, 2.75) is 33.1 Å². The van der Waals surface area contributed by atoms with Crippen LogP contribution in [0.25, 0.3) is 0 Å². The van der Waals surface area contributed by atoms with Crippen molar-refractivity contribution in [2.75, 3.05) is 18.0 Å². The van der Waals surface area contributed by atoms with Gasteiger partial charge in [0.1, 0.15) is 0 Å². The third-order valence-corrected chi connectivity index (χ3v) is 3.37. The lowest BCUT2D eigenvalue weighted by Crippen LogP contribution is -2.28. The predicted molar refractivity (Wildman–Crippen MR) is 73.3 cm³/mol. The number of para-hydroxylation sites is 1. The highest BCUT2D eigenvalue weighted by molar-refractivity contribution is 6.17. The van der Waals surface area contributed by atoms with Crippen molar-refractivity contribution in [1.29, 1.82) is 0 Å². The van der Waals surface area contributed by atoms with Crippen LogP contribution in [0.15, 0.2) is 24.3 Å².